The first kappa shape index (κ1) is 23.3. The normalized spacial score (nSPS) is 16.0. The van der Waals surface area contributed by atoms with Gasteiger partial charge in [-0.25, -0.2) is 4.98 Å². The third-order valence-corrected chi connectivity index (χ3v) is 6.75. The second-order valence-electron chi connectivity index (χ2n) is 7.91. The summed E-state index contributed by atoms with van der Waals surface area (Å²) < 4.78 is 1.53. The maximum atomic E-state index is 13.2. The summed E-state index contributed by atoms with van der Waals surface area (Å²) in [5.74, 6) is 0.155. The molecule has 1 aromatic carbocycles. The SMILES string of the molecule is CCCC(Sc1nc(C)cc(=O)n1C)C(=O)N1CCN(C/C=C/c2ccccc2)CC1. The summed E-state index contributed by atoms with van der Waals surface area (Å²) in [5.41, 5.74) is 1.80. The van der Waals surface area contributed by atoms with Gasteiger partial charge >= 0.3 is 0 Å². The maximum absolute atomic E-state index is 13.2. The average molecular weight is 441 g/mol. The summed E-state index contributed by atoms with van der Waals surface area (Å²) in [6.07, 6.45) is 6.01. The Balaban J connectivity index is 1.56. The molecule has 1 atom stereocenters. The van der Waals surface area contributed by atoms with Crippen LogP contribution in [0.1, 0.15) is 31.0 Å². The molecule has 1 saturated heterocycles. The van der Waals surface area contributed by atoms with E-state index in [2.05, 4.69) is 41.1 Å². The maximum Gasteiger partial charge on any atom is 0.254 e. The number of carbonyl (C=O) groups excluding carboxylic acids is 1. The first-order chi connectivity index (χ1) is 15.0. The number of aryl methyl sites for hydroxylation is 1. The van der Waals surface area contributed by atoms with Crippen LogP contribution in [0.25, 0.3) is 6.08 Å². The van der Waals surface area contributed by atoms with Crippen LogP contribution in [0.5, 0.6) is 0 Å². The highest BCUT2D eigenvalue weighted by Crippen LogP contribution is 2.26. The molecule has 6 nitrogen and oxygen atoms in total. The molecule has 1 fully saturated rings. The minimum absolute atomic E-state index is 0.0881. The Morgan fingerprint density at radius 2 is 1.90 bits per heavy atom. The summed E-state index contributed by atoms with van der Waals surface area (Å²) in [7, 11) is 1.71. The lowest BCUT2D eigenvalue weighted by atomic mass is 10.2. The molecule has 3 rings (SSSR count). The molecule has 0 radical (unpaired) electrons. The van der Waals surface area contributed by atoms with Crippen molar-refractivity contribution in [2.24, 2.45) is 7.05 Å². The molecular weight excluding hydrogens is 408 g/mol. The van der Waals surface area contributed by atoms with Crippen LogP contribution in [0, 0.1) is 6.92 Å². The molecular formula is C24H32N4O2S. The molecule has 2 aromatic rings. The van der Waals surface area contributed by atoms with Gasteiger partial charge in [0.1, 0.15) is 0 Å². The first-order valence-electron chi connectivity index (χ1n) is 10.9. The van der Waals surface area contributed by atoms with Crippen LogP contribution in [0.2, 0.25) is 0 Å². The van der Waals surface area contributed by atoms with E-state index in [0.29, 0.717) is 10.9 Å². The number of piperazine rings is 1. The van der Waals surface area contributed by atoms with E-state index in [1.807, 2.05) is 30.0 Å². The smallest absolute Gasteiger partial charge is 0.254 e. The highest BCUT2D eigenvalue weighted by molar-refractivity contribution is 8.00. The zero-order valence-corrected chi connectivity index (χ0v) is 19.5. The van der Waals surface area contributed by atoms with Crippen molar-refractivity contribution in [2.75, 3.05) is 32.7 Å². The number of rotatable bonds is 8. The number of carbonyl (C=O) groups is 1. The molecule has 166 valence electrons. The molecule has 1 aliphatic heterocycles. The number of amides is 1. The van der Waals surface area contributed by atoms with Crippen molar-refractivity contribution in [1.82, 2.24) is 19.4 Å². The number of aromatic nitrogens is 2. The van der Waals surface area contributed by atoms with Gasteiger partial charge in [0.05, 0.1) is 5.25 Å². The van der Waals surface area contributed by atoms with Gasteiger partial charge in [-0.05, 0) is 18.9 Å². The molecule has 1 unspecified atom stereocenters. The lowest BCUT2D eigenvalue weighted by Crippen LogP contribution is -2.51. The van der Waals surface area contributed by atoms with Gasteiger partial charge in [0.2, 0.25) is 5.91 Å². The van der Waals surface area contributed by atoms with E-state index >= 15 is 0 Å². The molecule has 1 amide bonds. The number of hydrogen-bond donors (Lipinski definition) is 0. The summed E-state index contributed by atoms with van der Waals surface area (Å²) in [4.78, 5) is 34.2. The summed E-state index contributed by atoms with van der Waals surface area (Å²) in [6, 6.07) is 11.8. The minimum atomic E-state index is -0.213. The summed E-state index contributed by atoms with van der Waals surface area (Å²) >= 11 is 1.42. The Morgan fingerprint density at radius 1 is 1.19 bits per heavy atom. The monoisotopic (exact) mass is 440 g/mol. The second kappa shape index (κ2) is 11.3. The van der Waals surface area contributed by atoms with Gasteiger partial charge in [-0.1, -0.05) is 67.6 Å². The first-order valence-corrected chi connectivity index (χ1v) is 11.8. The highest BCUT2D eigenvalue weighted by atomic mass is 32.2. The van der Waals surface area contributed by atoms with Crippen molar-refractivity contribution < 1.29 is 4.79 Å². The third kappa shape index (κ3) is 6.55. The predicted octanol–water partition coefficient (Wildman–Crippen LogP) is 3.21. The molecule has 0 bridgehead atoms. The van der Waals surface area contributed by atoms with Gasteiger partial charge in [0.15, 0.2) is 5.16 Å². The van der Waals surface area contributed by atoms with E-state index in [4.69, 9.17) is 0 Å². The second-order valence-corrected chi connectivity index (χ2v) is 9.08. The van der Waals surface area contributed by atoms with Gasteiger partial charge in [0, 0.05) is 51.5 Å². The zero-order chi connectivity index (χ0) is 22.2. The fourth-order valence-electron chi connectivity index (χ4n) is 3.61. The van der Waals surface area contributed by atoms with Crippen molar-refractivity contribution in [2.45, 2.75) is 37.1 Å². The van der Waals surface area contributed by atoms with Crippen LogP contribution in [0.15, 0.2) is 52.4 Å². The number of nitrogens with zero attached hydrogens (tertiary/aromatic N) is 4. The quantitative estimate of drug-likeness (QED) is 0.466. The standard InChI is InChI=1S/C24H32N4O2S/c1-4-9-21(31-24-25-19(2)18-22(29)26(24)3)23(30)28-16-14-27(15-17-28)13-8-12-20-10-6-5-7-11-20/h5-8,10-12,18,21H,4,9,13-17H2,1-3H3/b12-8+. The fourth-order valence-corrected chi connectivity index (χ4v) is 4.91. The fraction of sp³-hybridized carbons (Fsp3) is 0.458. The number of benzene rings is 1. The molecule has 2 heterocycles. The Kier molecular flexibility index (Phi) is 8.49. The van der Waals surface area contributed by atoms with Crippen molar-refractivity contribution in [1.29, 1.82) is 0 Å². The van der Waals surface area contributed by atoms with Crippen molar-refractivity contribution in [3.8, 4) is 0 Å². The molecule has 1 aromatic heterocycles. The van der Waals surface area contributed by atoms with E-state index in [1.54, 1.807) is 7.05 Å². The van der Waals surface area contributed by atoms with Gasteiger partial charge in [-0.2, -0.15) is 0 Å². The van der Waals surface area contributed by atoms with Crippen LogP contribution in [0.3, 0.4) is 0 Å². The minimum Gasteiger partial charge on any atom is -0.339 e. The zero-order valence-electron chi connectivity index (χ0n) is 18.7. The van der Waals surface area contributed by atoms with Gasteiger partial charge in [0.25, 0.3) is 5.56 Å². The third-order valence-electron chi connectivity index (χ3n) is 5.45. The topological polar surface area (TPSA) is 58.4 Å². The highest BCUT2D eigenvalue weighted by Gasteiger charge is 2.28. The van der Waals surface area contributed by atoms with Crippen LogP contribution in [0.4, 0.5) is 0 Å². The van der Waals surface area contributed by atoms with E-state index in [9.17, 15) is 9.59 Å². The molecule has 0 aliphatic carbocycles. The largest absolute Gasteiger partial charge is 0.339 e. The Bertz CT molecular complexity index is 950. The summed E-state index contributed by atoms with van der Waals surface area (Å²) in [5, 5.41) is 0.399. The van der Waals surface area contributed by atoms with Crippen molar-refractivity contribution in [3.63, 3.8) is 0 Å². The number of thioether (sulfide) groups is 1. The Labute approximate surface area is 189 Å². The molecule has 0 saturated carbocycles. The lowest BCUT2D eigenvalue weighted by molar-refractivity contribution is -0.132. The molecule has 1 aliphatic rings. The van der Waals surface area contributed by atoms with Crippen molar-refractivity contribution >= 4 is 23.7 Å². The van der Waals surface area contributed by atoms with Crippen molar-refractivity contribution in [3.05, 3.63) is 64.1 Å². The molecule has 7 heteroatoms. The van der Waals surface area contributed by atoms with E-state index in [1.165, 1.54) is 28.0 Å². The van der Waals surface area contributed by atoms with E-state index in [0.717, 1.165) is 45.6 Å². The molecule has 0 spiro atoms. The van der Waals surface area contributed by atoms with Gasteiger partial charge in [-0.15, -0.1) is 0 Å². The summed E-state index contributed by atoms with van der Waals surface area (Å²) in [6.45, 7) is 8.00. The van der Waals surface area contributed by atoms with Crippen LogP contribution in [-0.4, -0.2) is 63.2 Å². The van der Waals surface area contributed by atoms with Gasteiger partial charge < -0.3 is 4.90 Å². The molecule has 0 N–H and O–H groups in total. The van der Waals surface area contributed by atoms with E-state index in [-0.39, 0.29) is 16.7 Å². The Morgan fingerprint density at radius 3 is 2.58 bits per heavy atom. The number of hydrogen-bond acceptors (Lipinski definition) is 5. The Hall–Kier alpha value is -2.38. The van der Waals surface area contributed by atoms with E-state index < -0.39 is 0 Å². The van der Waals surface area contributed by atoms with Crippen LogP contribution < -0.4 is 5.56 Å². The van der Waals surface area contributed by atoms with Crippen LogP contribution in [-0.2, 0) is 11.8 Å². The lowest BCUT2D eigenvalue weighted by Gasteiger charge is -2.35. The molecule has 31 heavy (non-hydrogen) atoms. The predicted molar refractivity (Wildman–Crippen MR) is 127 cm³/mol. The average Bonchev–Trinajstić information content (AvgIpc) is 2.77. The van der Waals surface area contributed by atoms with Gasteiger partial charge in [-0.3, -0.25) is 19.1 Å². The van der Waals surface area contributed by atoms with Crippen LogP contribution >= 0.6 is 11.8 Å².